The van der Waals surface area contributed by atoms with Crippen LogP contribution in [0.15, 0.2) is 17.1 Å². The van der Waals surface area contributed by atoms with Gasteiger partial charge in [-0.2, -0.15) is 5.26 Å². The number of nitriles is 1. The predicted molar refractivity (Wildman–Crippen MR) is 75.3 cm³/mol. The van der Waals surface area contributed by atoms with Crippen molar-refractivity contribution in [3.63, 3.8) is 0 Å². The highest BCUT2D eigenvalue weighted by Gasteiger charge is 2.34. The number of amides is 1. The van der Waals surface area contributed by atoms with Crippen LogP contribution < -0.4 is 5.43 Å². The van der Waals surface area contributed by atoms with Crippen LogP contribution in [0, 0.1) is 23.7 Å². The lowest BCUT2D eigenvalue weighted by Crippen LogP contribution is -2.45. The predicted octanol–water partition coefficient (Wildman–Crippen LogP) is 1.46. The van der Waals surface area contributed by atoms with E-state index in [-0.39, 0.29) is 16.9 Å². The van der Waals surface area contributed by atoms with Crippen LogP contribution in [0.25, 0.3) is 0 Å². The van der Waals surface area contributed by atoms with Gasteiger partial charge in [0, 0.05) is 38.1 Å². The van der Waals surface area contributed by atoms with E-state index in [1.165, 1.54) is 6.07 Å². The van der Waals surface area contributed by atoms with Gasteiger partial charge < -0.3 is 9.47 Å². The van der Waals surface area contributed by atoms with Gasteiger partial charge >= 0.3 is 0 Å². The standard InChI is InChI=1S/C15H19N3O2/c1-11-7-13(19)12(8-17(11)3)14(20)18-6-4-5-15(2,9-16)10-18/h7-8H,4-6,10H2,1-3H3/t15-/m0/s1. The molecule has 0 saturated carbocycles. The van der Waals surface area contributed by atoms with Gasteiger partial charge in [0.25, 0.3) is 5.91 Å². The molecule has 0 aliphatic carbocycles. The van der Waals surface area contributed by atoms with E-state index in [1.54, 1.807) is 22.7 Å². The van der Waals surface area contributed by atoms with Gasteiger partial charge in [0.1, 0.15) is 5.56 Å². The number of rotatable bonds is 1. The summed E-state index contributed by atoms with van der Waals surface area (Å²) in [5.74, 6) is -0.272. The minimum atomic E-state index is -0.510. The SMILES string of the molecule is Cc1cc(=O)c(C(=O)N2CCC[C@@](C)(C#N)C2)cn1C. The van der Waals surface area contributed by atoms with Gasteiger partial charge in [0.2, 0.25) is 0 Å². The average molecular weight is 273 g/mol. The summed E-state index contributed by atoms with van der Waals surface area (Å²) >= 11 is 0. The van der Waals surface area contributed by atoms with Crippen LogP contribution in [0.1, 0.15) is 35.8 Å². The van der Waals surface area contributed by atoms with Crippen LogP contribution >= 0.6 is 0 Å². The summed E-state index contributed by atoms with van der Waals surface area (Å²) in [6, 6.07) is 3.75. The maximum Gasteiger partial charge on any atom is 0.259 e. The zero-order chi connectivity index (χ0) is 14.9. The molecule has 0 spiro atoms. The summed E-state index contributed by atoms with van der Waals surface area (Å²) in [5.41, 5.74) is 0.228. The van der Waals surface area contributed by atoms with Gasteiger partial charge in [0.05, 0.1) is 11.5 Å². The molecule has 5 nitrogen and oxygen atoms in total. The molecule has 1 aliphatic rings. The second-order valence-electron chi connectivity index (χ2n) is 5.81. The highest BCUT2D eigenvalue weighted by Crippen LogP contribution is 2.28. The Bertz CT molecular complexity index is 641. The van der Waals surface area contributed by atoms with E-state index in [4.69, 9.17) is 0 Å². The van der Waals surface area contributed by atoms with Crippen LogP contribution in [0.3, 0.4) is 0 Å². The number of carbonyl (C=O) groups is 1. The largest absolute Gasteiger partial charge is 0.354 e. The molecule has 1 aromatic rings. The molecule has 0 bridgehead atoms. The smallest absolute Gasteiger partial charge is 0.259 e. The van der Waals surface area contributed by atoms with E-state index in [0.717, 1.165) is 18.5 Å². The fourth-order valence-electron chi connectivity index (χ4n) is 2.56. The molecule has 1 saturated heterocycles. The molecule has 1 aliphatic heterocycles. The van der Waals surface area contributed by atoms with Gasteiger partial charge in [-0.05, 0) is 26.7 Å². The zero-order valence-electron chi connectivity index (χ0n) is 12.1. The second kappa shape index (κ2) is 5.12. The average Bonchev–Trinajstić information content (AvgIpc) is 2.42. The third-order valence-corrected chi connectivity index (χ3v) is 3.97. The van der Waals surface area contributed by atoms with E-state index in [0.29, 0.717) is 13.1 Å². The van der Waals surface area contributed by atoms with E-state index >= 15 is 0 Å². The minimum Gasteiger partial charge on any atom is -0.354 e. The Kier molecular flexibility index (Phi) is 3.67. The van der Waals surface area contributed by atoms with Crippen LogP contribution in [0.2, 0.25) is 0 Å². The lowest BCUT2D eigenvalue weighted by molar-refractivity contribution is 0.0628. The lowest BCUT2D eigenvalue weighted by Gasteiger charge is -2.35. The summed E-state index contributed by atoms with van der Waals surface area (Å²) in [5, 5.41) is 9.20. The van der Waals surface area contributed by atoms with Crippen LogP contribution in [-0.2, 0) is 7.05 Å². The number of carbonyl (C=O) groups excluding carboxylic acids is 1. The summed E-state index contributed by atoms with van der Waals surface area (Å²) in [4.78, 5) is 26.1. The molecule has 1 aromatic heterocycles. The van der Waals surface area contributed by atoms with Crippen LogP contribution in [0.5, 0.6) is 0 Å². The van der Waals surface area contributed by atoms with Crippen molar-refractivity contribution in [2.45, 2.75) is 26.7 Å². The number of aryl methyl sites for hydroxylation is 2. The molecule has 5 heteroatoms. The molecule has 0 aromatic carbocycles. The van der Waals surface area contributed by atoms with E-state index in [1.807, 2.05) is 13.8 Å². The number of likely N-dealkylation sites (tertiary alicyclic amines) is 1. The number of aromatic nitrogens is 1. The fourth-order valence-corrected chi connectivity index (χ4v) is 2.56. The quantitative estimate of drug-likeness (QED) is 0.778. The molecule has 2 rings (SSSR count). The maximum atomic E-state index is 12.5. The molecular formula is C15H19N3O2. The molecule has 1 fully saturated rings. The van der Waals surface area contributed by atoms with Gasteiger partial charge in [-0.1, -0.05) is 0 Å². The van der Waals surface area contributed by atoms with Crippen molar-refractivity contribution in [2.75, 3.05) is 13.1 Å². The van der Waals surface area contributed by atoms with Crippen molar-refractivity contribution in [3.05, 3.63) is 33.7 Å². The third kappa shape index (κ3) is 2.60. The number of hydrogen-bond donors (Lipinski definition) is 0. The van der Waals surface area contributed by atoms with E-state index in [2.05, 4.69) is 6.07 Å². The summed E-state index contributed by atoms with van der Waals surface area (Å²) < 4.78 is 1.77. The lowest BCUT2D eigenvalue weighted by atomic mass is 9.83. The zero-order valence-corrected chi connectivity index (χ0v) is 12.1. The normalized spacial score (nSPS) is 22.4. The number of nitrogens with zero attached hydrogens (tertiary/aromatic N) is 3. The van der Waals surface area contributed by atoms with Crippen molar-refractivity contribution >= 4 is 5.91 Å². The molecule has 0 radical (unpaired) electrons. The molecule has 106 valence electrons. The van der Waals surface area contributed by atoms with Crippen LogP contribution in [-0.4, -0.2) is 28.5 Å². The van der Waals surface area contributed by atoms with Crippen molar-refractivity contribution in [3.8, 4) is 6.07 Å². The fraction of sp³-hybridized carbons (Fsp3) is 0.533. The molecular weight excluding hydrogens is 254 g/mol. The second-order valence-corrected chi connectivity index (χ2v) is 5.81. The first-order chi connectivity index (χ1) is 9.36. The maximum absolute atomic E-state index is 12.5. The molecule has 0 unspecified atom stereocenters. The number of hydrogen-bond acceptors (Lipinski definition) is 3. The molecule has 1 atom stereocenters. The number of pyridine rings is 1. The molecule has 0 N–H and O–H groups in total. The van der Waals surface area contributed by atoms with Crippen molar-refractivity contribution in [1.82, 2.24) is 9.47 Å². The van der Waals surface area contributed by atoms with Crippen molar-refractivity contribution in [1.29, 1.82) is 5.26 Å². The topological polar surface area (TPSA) is 66.1 Å². The number of piperidine rings is 1. The first-order valence-electron chi connectivity index (χ1n) is 6.74. The van der Waals surface area contributed by atoms with Crippen molar-refractivity contribution < 1.29 is 4.79 Å². The first-order valence-corrected chi connectivity index (χ1v) is 6.74. The van der Waals surface area contributed by atoms with E-state index < -0.39 is 5.41 Å². The minimum absolute atomic E-state index is 0.181. The highest BCUT2D eigenvalue weighted by atomic mass is 16.2. The highest BCUT2D eigenvalue weighted by molar-refractivity contribution is 5.94. The summed E-state index contributed by atoms with van der Waals surface area (Å²) in [6.07, 6.45) is 3.17. The van der Waals surface area contributed by atoms with Crippen molar-refractivity contribution in [2.24, 2.45) is 12.5 Å². The Labute approximate surface area is 118 Å². The third-order valence-electron chi connectivity index (χ3n) is 3.97. The monoisotopic (exact) mass is 273 g/mol. The first kappa shape index (κ1) is 14.3. The summed E-state index contributed by atoms with van der Waals surface area (Å²) in [6.45, 7) is 4.68. The van der Waals surface area contributed by atoms with Gasteiger partial charge in [-0.25, -0.2) is 0 Å². The van der Waals surface area contributed by atoms with E-state index in [9.17, 15) is 14.9 Å². The Morgan fingerprint density at radius 3 is 2.85 bits per heavy atom. The van der Waals surface area contributed by atoms with Gasteiger partial charge in [-0.15, -0.1) is 0 Å². The Hall–Kier alpha value is -2.09. The Morgan fingerprint density at radius 1 is 1.50 bits per heavy atom. The molecule has 1 amide bonds. The van der Waals surface area contributed by atoms with Crippen LogP contribution in [0.4, 0.5) is 0 Å². The Balaban J connectivity index is 2.31. The Morgan fingerprint density at radius 2 is 2.20 bits per heavy atom. The summed E-state index contributed by atoms with van der Waals surface area (Å²) in [7, 11) is 1.81. The van der Waals surface area contributed by atoms with Gasteiger partial charge in [0.15, 0.2) is 5.43 Å². The van der Waals surface area contributed by atoms with Gasteiger partial charge in [-0.3, -0.25) is 9.59 Å². The molecule has 20 heavy (non-hydrogen) atoms. The molecule has 2 heterocycles.